The molecule has 3 aliphatic rings. The third-order valence-electron chi connectivity index (χ3n) is 5.53. The van der Waals surface area contributed by atoms with E-state index in [2.05, 4.69) is 52.5 Å². The van der Waals surface area contributed by atoms with E-state index in [0.717, 1.165) is 31.5 Å². The standard InChI is InChI=1S/C19H29N3O2/c1-21(17-6-4-3-5-7-17)12-16-13-22-9-8-15(16)10-18(22)11-20-19(23)14-24-2/h3-7,15-16,18H,8-14H2,1-2H3,(H,20,23). The maximum absolute atomic E-state index is 11.6. The summed E-state index contributed by atoms with van der Waals surface area (Å²) in [5, 5.41) is 3.00. The van der Waals surface area contributed by atoms with Crippen LogP contribution in [-0.2, 0) is 9.53 Å². The number of anilines is 1. The van der Waals surface area contributed by atoms with E-state index in [-0.39, 0.29) is 12.5 Å². The number of para-hydroxylation sites is 1. The summed E-state index contributed by atoms with van der Waals surface area (Å²) < 4.78 is 4.88. The number of hydrogen-bond acceptors (Lipinski definition) is 4. The van der Waals surface area contributed by atoms with Gasteiger partial charge in [-0.3, -0.25) is 9.69 Å². The van der Waals surface area contributed by atoms with Crippen molar-refractivity contribution in [3.63, 3.8) is 0 Å². The molecule has 132 valence electrons. The summed E-state index contributed by atoms with van der Waals surface area (Å²) in [5.74, 6) is 1.47. The van der Waals surface area contributed by atoms with Gasteiger partial charge in [-0.15, -0.1) is 0 Å². The largest absolute Gasteiger partial charge is 0.375 e. The molecule has 1 aromatic carbocycles. The molecule has 4 atom stereocenters. The first kappa shape index (κ1) is 17.2. The van der Waals surface area contributed by atoms with Gasteiger partial charge in [0, 0.05) is 45.5 Å². The lowest BCUT2D eigenvalue weighted by Gasteiger charge is -2.50. The molecule has 2 bridgehead atoms. The Kier molecular flexibility index (Phi) is 5.74. The van der Waals surface area contributed by atoms with Gasteiger partial charge in [-0.05, 0) is 43.4 Å². The van der Waals surface area contributed by atoms with Gasteiger partial charge in [-0.2, -0.15) is 0 Å². The van der Waals surface area contributed by atoms with E-state index in [1.54, 1.807) is 7.11 Å². The minimum Gasteiger partial charge on any atom is -0.375 e. The van der Waals surface area contributed by atoms with Crippen LogP contribution >= 0.6 is 0 Å². The summed E-state index contributed by atoms with van der Waals surface area (Å²) >= 11 is 0. The smallest absolute Gasteiger partial charge is 0.246 e. The molecular formula is C19H29N3O2. The Morgan fingerprint density at radius 2 is 2.17 bits per heavy atom. The summed E-state index contributed by atoms with van der Waals surface area (Å²) in [6.07, 6.45) is 2.48. The van der Waals surface area contributed by atoms with Crippen LogP contribution in [0.3, 0.4) is 0 Å². The minimum atomic E-state index is -0.0134. The highest BCUT2D eigenvalue weighted by Gasteiger charge is 2.40. The van der Waals surface area contributed by atoms with Gasteiger partial charge in [0.05, 0.1) is 0 Å². The quantitative estimate of drug-likeness (QED) is 0.824. The lowest BCUT2D eigenvalue weighted by atomic mass is 9.75. The molecule has 1 aromatic rings. The van der Waals surface area contributed by atoms with Crippen LogP contribution in [0.1, 0.15) is 12.8 Å². The van der Waals surface area contributed by atoms with Crippen LogP contribution < -0.4 is 10.2 Å². The van der Waals surface area contributed by atoms with Crippen molar-refractivity contribution in [2.75, 3.05) is 51.8 Å². The van der Waals surface area contributed by atoms with Gasteiger partial charge in [0.1, 0.15) is 6.61 Å². The molecule has 0 spiro atoms. The highest BCUT2D eigenvalue weighted by molar-refractivity contribution is 5.77. The fraction of sp³-hybridized carbons (Fsp3) is 0.632. The molecule has 0 aromatic heterocycles. The highest BCUT2D eigenvalue weighted by atomic mass is 16.5. The molecule has 3 heterocycles. The van der Waals surface area contributed by atoms with E-state index in [9.17, 15) is 4.79 Å². The molecule has 0 saturated carbocycles. The maximum atomic E-state index is 11.6. The number of benzene rings is 1. The normalized spacial score (nSPS) is 28.6. The van der Waals surface area contributed by atoms with Gasteiger partial charge in [0.25, 0.3) is 0 Å². The number of methoxy groups -OCH3 is 1. The van der Waals surface area contributed by atoms with Gasteiger partial charge in [0.15, 0.2) is 0 Å². The number of rotatable bonds is 7. The van der Waals surface area contributed by atoms with Crippen LogP contribution in [0.25, 0.3) is 0 Å². The predicted molar refractivity (Wildman–Crippen MR) is 96.2 cm³/mol. The molecule has 3 aliphatic heterocycles. The SMILES string of the molecule is COCC(=O)NCC1CC2CCN1CC2CN(C)c1ccccc1. The molecule has 0 radical (unpaired) electrons. The third kappa shape index (κ3) is 4.08. The molecular weight excluding hydrogens is 302 g/mol. The second kappa shape index (κ2) is 7.99. The molecule has 4 unspecified atom stereocenters. The number of carbonyl (C=O) groups is 1. The molecule has 0 aliphatic carbocycles. The Morgan fingerprint density at radius 3 is 2.83 bits per heavy atom. The Morgan fingerprint density at radius 1 is 1.38 bits per heavy atom. The monoisotopic (exact) mass is 331 g/mol. The predicted octanol–water partition coefficient (Wildman–Crippen LogP) is 1.60. The zero-order chi connectivity index (χ0) is 16.9. The average molecular weight is 331 g/mol. The Hall–Kier alpha value is -1.59. The van der Waals surface area contributed by atoms with E-state index in [4.69, 9.17) is 4.74 Å². The summed E-state index contributed by atoms with van der Waals surface area (Å²) in [7, 11) is 3.74. The molecule has 3 fully saturated rings. The number of ether oxygens (including phenoxy) is 1. The number of amides is 1. The molecule has 1 amide bonds. The number of hydrogen-bond donors (Lipinski definition) is 1. The van der Waals surface area contributed by atoms with Crippen LogP contribution in [0, 0.1) is 11.8 Å². The molecule has 3 saturated heterocycles. The third-order valence-corrected chi connectivity index (χ3v) is 5.53. The Bertz CT molecular complexity index is 537. The summed E-state index contributed by atoms with van der Waals surface area (Å²) in [5.41, 5.74) is 1.29. The highest BCUT2D eigenvalue weighted by Crippen LogP contribution is 2.36. The Balaban J connectivity index is 1.51. The summed E-state index contributed by atoms with van der Waals surface area (Å²) in [4.78, 5) is 16.5. The van der Waals surface area contributed by atoms with Crippen molar-refractivity contribution < 1.29 is 9.53 Å². The Labute approximate surface area is 145 Å². The van der Waals surface area contributed by atoms with E-state index < -0.39 is 0 Å². The van der Waals surface area contributed by atoms with Crippen LogP contribution in [0.15, 0.2) is 30.3 Å². The zero-order valence-corrected chi connectivity index (χ0v) is 14.8. The first-order chi connectivity index (χ1) is 11.7. The second-order valence-electron chi connectivity index (χ2n) is 7.15. The number of nitrogens with one attached hydrogen (secondary N) is 1. The van der Waals surface area contributed by atoms with Gasteiger partial charge in [-0.1, -0.05) is 18.2 Å². The first-order valence-corrected chi connectivity index (χ1v) is 8.93. The lowest BCUT2D eigenvalue weighted by Crippen LogP contribution is -2.58. The van der Waals surface area contributed by atoms with Crippen LogP contribution in [-0.4, -0.2) is 63.8 Å². The van der Waals surface area contributed by atoms with E-state index >= 15 is 0 Å². The van der Waals surface area contributed by atoms with E-state index in [0.29, 0.717) is 6.04 Å². The van der Waals surface area contributed by atoms with Gasteiger partial charge >= 0.3 is 0 Å². The van der Waals surface area contributed by atoms with Crippen molar-refractivity contribution in [1.82, 2.24) is 10.2 Å². The van der Waals surface area contributed by atoms with Crippen molar-refractivity contribution in [2.45, 2.75) is 18.9 Å². The summed E-state index contributed by atoms with van der Waals surface area (Å²) in [6.45, 7) is 4.32. The van der Waals surface area contributed by atoms with Gasteiger partial charge in [-0.25, -0.2) is 0 Å². The molecule has 24 heavy (non-hydrogen) atoms. The van der Waals surface area contributed by atoms with Crippen LogP contribution in [0.4, 0.5) is 5.69 Å². The second-order valence-corrected chi connectivity index (χ2v) is 7.15. The average Bonchev–Trinajstić information content (AvgIpc) is 2.62. The number of carbonyl (C=O) groups excluding carboxylic acids is 1. The van der Waals surface area contributed by atoms with Crippen molar-refractivity contribution in [3.8, 4) is 0 Å². The van der Waals surface area contributed by atoms with E-state index in [1.807, 2.05) is 0 Å². The number of fused-ring (bicyclic) bond motifs is 3. The van der Waals surface area contributed by atoms with Crippen LogP contribution in [0.5, 0.6) is 0 Å². The van der Waals surface area contributed by atoms with Crippen molar-refractivity contribution >= 4 is 11.6 Å². The maximum Gasteiger partial charge on any atom is 0.246 e. The summed E-state index contributed by atoms with van der Waals surface area (Å²) in [6, 6.07) is 11.1. The molecule has 5 nitrogen and oxygen atoms in total. The van der Waals surface area contributed by atoms with Crippen molar-refractivity contribution in [3.05, 3.63) is 30.3 Å². The molecule has 1 N–H and O–H groups in total. The van der Waals surface area contributed by atoms with Crippen molar-refractivity contribution in [2.24, 2.45) is 11.8 Å². The fourth-order valence-corrected chi connectivity index (χ4v) is 4.22. The number of nitrogens with zero attached hydrogens (tertiary/aromatic N) is 2. The lowest BCUT2D eigenvalue weighted by molar-refractivity contribution is -0.125. The topological polar surface area (TPSA) is 44.8 Å². The van der Waals surface area contributed by atoms with Crippen molar-refractivity contribution in [1.29, 1.82) is 0 Å². The fourth-order valence-electron chi connectivity index (χ4n) is 4.22. The van der Waals surface area contributed by atoms with Crippen LogP contribution in [0.2, 0.25) is 0 Å². The van der Waals surface area contributed by atoms with E-state index in [1.165, 1.54) is 25.1 Å². The number of piperidine rings is 3. The zero-order valence-electron chi connectivity index (χ0n) is 14.8. The minimum absolute atomic E-state index is 0.0134. The van der Waals surface area contributed by atoms with Gasteiger partial charge in [0.2, 0.25) is 5.91 Å². The molecule has 5 heteroatoms. The first-order valence-electron chi connectivity index (χ1n) is 8.93. The van der Waals surface area contributed by atoms with Gasteiger partial charge < -0.3 is 15.0 Å². The molecule has 4 rings (SSSR count).